The molecule has 0 bridgehead atoms. The maximum atomic E-state index is 15.0. The Balaban J connectivity index is 1.70. The van der Waals surface area contributed by atoms with Gasteiger partial charge in [-0.25, -0.2) is 23.6 Å². The molecule has 0 radical (unpaired) electrons. The summed E-state index contributed by atoms with van der Waals surface area (Å²) in [5.74, 6) is -1.68. The van der Waals surface area contributed by atoms with Gasteiger partial charge in [-0.15, -0.1) is 0 Å². The fourth-order valence-corrected chi connectivity index (χ4v) is 4.00. The van der Waals surface area contributed by atoms with Crippen molar-refractivity contribution in [1.29, 1.82) is 0 Å². The van der Waals surface area contributed by atoms with Gasteiger partial charge in [-0.05, 0) is 19.8 Å². The van der Waals surface area contributed by atoms with E-state index in [1.165, 1.54) is 11.8 Å². The zero-order valence-corrected chi connectivity index (χ0v) is 18.4. The van der Waals surface area contributed by atoms with Crippen molar-refractivity contribution < 1.29 is 23.1 Å². The summed E-state index contributed by atoms with van der Waals surface area (Å²) in [6, 6.07) is 2.33. The molecule has 1 atom stereocenters. The Bertz CT molecular complexity index is 786. The van der Waals surface area contributed by atoms with Crippen LogP contribution in [0.5, 0.6) is 0 Å². The molecule has 1 aromatic carbocycles. The number of hydrogen-bond acceptors (Lipinski definition) is 6. The van der Waals surface area contributed by atoms with E-state index >= 15 is 0 Å². The van der Waals surface area contributed by atoms with E-state index < -0.39 is 23.8 Å². The molecule has 1 aromatic rings. The molecule has 0 spiro atoms. The first-order chi connectivity index (χ1) is 14.8. The lowest BCUT2D eigenvalue weighted by Crippen LogP contribution is -2.48. The highest BCUT2D eigenvalue weighted by Crippen LogP contribution is 2.31. The van der Waals surface area contributed by atoms with Gasteiger partial charge in [0, 0.05) is 58.8 Å². The molecular weight excluding hydrogens is 408 g/mol. The van der Waals surface area contributed by atoms with Crippen LogP contribution in [-0.2, 0) is 9.53 Å². The summed E-state index contributed by atoms with van der Waals surface area (Å²) >= 11 is 0. The number of rotatable bonds is 8. The van der Waals surface area contributed by atoms with Crippen LogP contribution in [0.15, 0.2) is 12.1 Å². The third-order valence-corrected chi connectivity index (χ3v) is 5.72. The fraction of sp³-hybridized carbons (Fsp3) is 0.619. The molecule has 0 saturated carbocycles. The van der Waals surface area contributed by atoms with E-state index in [4.69, 9.17) is 4.74 Å². The second kappa shape index (κ2) is 10.2. The van der Waals surface area contributed by atoms with Crippen LogP contribution in [0.4, 0.5) is 25.0 Å². The number of ether oxygens (including phenoxy) is 1. The molecule has 0 aromatic heterocycles. The van der Waals surface area contributed by atoms with Crippen LogP contribution in [0.2, 0.25) is 0 Å². The van der Waals surface area contributed by atoms with Crippen LogP contribution >= 0.6 is 0 Å². The predicted octanol–water partition coefficient (Wildman–Crippen LogP) is 2.19. The average Bonchev–Trinajstić information content (AvgIpc) is 3.10. The number of nitrogens with one attached hydrogen (secondary N) is 1. The summed E-state index contributed by atoms with van der Waals surface area (Å²) in [5.41, 5.74) is 0.00849. The van der Waals surface area contributed by atoms with Crippen molar-refractivity contribution in [1.82, 2.24) is 15.3 Å². The summed E-state index contributed by atoms with van der Waals surface area (Å²) in [4.78, 5) is 26.1. The van der Waals surface area contributed by atoms with Crippen LogP contribution in [0.1, 0.15) is 26.7 Å². The number of halogens is 2. The molecule has 172 valence electrons. The van der Waals surface area contributed by atoms with Gasteiger partial charge in [0.2, 0.25) is 5.91 Å². The van der Waals surface area contributed by atoms with E-state index in [1.807, 2.05) is 14.0 Å². The van der Waals surface area contributed by atoms with Crippen molar-refractivity contribution in [2.75, 3.05) is 62.7 Å². The predicted molar refractivity (Wildman–Crippen MR) is 114 cm³/mol. The molecule has 2 aliphatic heterocycles. The van der Waals surface area contributed by atoms with Crippen molar-refractivity contribution >= 4 is 23.4 Å². The maximum absolute atomic E-state index is 15.0. The van der Waals surface area contributed by atoms with E-state index in [9.17, 15) is 18.4 Å². The van der Waals surface area contributed by atoms with E-state index in [0.717, 1.165) is 38.1 Å². The van der Waals surface area contributed by atoms with Crippen LogP contribution in [0, 0.1) is 11.6 Å². The molecule has 0 unspecified atom stereocenters. The molecule has 2 saturated heterocycles. The second-order valence-corrected chi connectivity index (χ2v) is 7.93. The zero-order chi connectivity index (χ0) is 22.5. The summed E-state index contributed by atoms with van der Waals surface area (Å²) in [7, 11) is 2.03. The first-order valence-corrected chi connectivity index (χ1v) is 10.7. The van der Waals surface area contributed by atoms with Crippen molar-refractivity contribution in [2.45, 2.75) is 32.8 Å². The van der Waals surface area contributed by atoms with E-state index in [1.54, 1.807) is 4.90 Å². The van der Waals surface area contributed by atoms with Crippen LogP contribution < -0.4 is 15.1 Å². The quantitative estimate of drug-likeness (QED) is 0.670. The van der Waals surface area contributed by atoms with Gasteiger partial charge in [0.15, 0.2) is 11.6 Å². The minimum Gasteiger partial charge on any atom is -0.442 e. The van der Waals surface area contributed by atoms with E-state index in [-0.39, 0.29) is 30.4 Å². The van der Waals surface area contributed by atoms with Crippen molar-refractivity contribution in [3.63, 3.8) is 0 Å². The summed E-state index contributed by atoms with van der Waals surface area (Å²) in [6.07, 6.45) is 1.00. The van der Waals surface area contributed by atoms with E-state index in [0.29, 0.717) is 19.6 Å². The molecule has 1 N–H and O–H groups in total. The van der Waals surface area contributed by atoms with Gasteiger partial charge in [0.05, 0.1) is 18.8 Å². The van der Waals surface area contributed by atoms with Crippen molar-refractivity contribution in [3.8, 4) is 0 Å². The van der Waals surface area contributed by atoms with Crippen molar-refractivity contribution in [3.05, 3.63) is 23.8 Å². The number of carbonyl (C=O) groups excluding carboxylic acids is 2. The Labute approximate surface area is 181 Å². The van der Waals surface area contributed by atoms with Gasteiger partial charge < -0.3 is 15.0 Å². The Kier molecular flexibility index (Phi) is 7.66. The Morgan fingerprint density at radius 3 is 2.55 bits per heavy atom. The number of hydrazine groups is 1. The number of benzene rings is 1. The molecule has 0 aliphatic carbocycles. The number of cyclic esters (lactones) is 1. The molecule has 10 heteroatoms. The Morgan fingerprint density at radius 2 is 1.94 bits per heavy atom. The Hall–Kier alpha value is -2.46. The minimum atomic E-state index is -0.720. The van der Waals surface area contributed by atoms with Crippen molar-refractivity contribution in [2.24, 2.45) is 0 Å². The van der Waals surface area contributed by atoms with Gasteiger partial charge >= 0.3 is 6.09 Å². The van der Waals surface area contributed by atoms with Crippen LogP contribution in [0.25, 0.3) is 0 Å². The SMILES string of the molecule is CCN(CCN1CCCCN1C)c1c(F)cc(N2C[C@H](CNC(C)=O)OC2=O)cc1F. The van der Waals surface area contributed by atoms with Gasteiger partial charge in [-0.1, -0.05) is 0 Å². The standard InChI is InChI=1S/C21H31F2N5O3/c1-4-26(9-10-27-8-6-5-7-25(27)3)20-18(22)11-16(12-19(20)23)28-14-17(31-21(28)30)13-24-15(2)29/h11-12,17H,4-10,13-14H2,1-3H3,(H,24,29)/t17-/m0/s1. The molecule has 2 heterocycles. The average molecular weight is 440 g/mol. The summed E-state index contributed by atoms with van der Waals surface area (Å²) in [5, 5.41) is 6.93. The number of hydrogen-bond donors (Lipinski definition) is 1. The minimum absolute atomic E-state index is 0.0896. The number of nitrogens with zero attached hydrogens (tertiary/aromatic N) is 4. The normalized spacial score (nSPS) is 20.1. The number of anilines is 2. The Morgan fingerprint density at radius 1 is 1.26 bits per heavy atom. The number of carbonyl (C=O) groups is 2. The van der Waals surface area contributed by atoms with Gasteiger partial charge in [-0.3, -0.25) is 9.69 Å². The molecule has 8 nitrogen and oxygen atoms in total. The summed E-state index contributed by atoms with van der Waals surface area (Å²) in [6.45, 7) is 7.01. The third-order valence-electron chi connectivity index (χ3n) is 5.72. The van der Waals surface area contributed by atoms with Gasteiger partial charge in [0.25, 0.3) is 0 Å². The number of likely N-dealkylation sites (N-methyl/N-ethyl adjacent to an activating group) is 1. The lowest BCUT2D eigenvalue weighted by molar-refractivity contribution is -0.119. The van der Waals surface area contributed by atoms with Gasteiger partial charge in [-0.2, -0.15) is 0 Å². The third kappa shape index (κ3) is 5.62. The highest BCUT2D eigenvalue weighted by molar-refractivity contribution is 5.90. The molecule has 2 aliphatic rings. The monoisotopic (exact) mass is 439 g/mol. The second-order valence-electron chi connectivity index (χ2n) is 7.93. The van der Waals surface area contributed by atoms with Crippen LogP contribution in [-0.4, -0.2) is 81.0 Å². The molecular formula is C21H31F2N5O3. The zero-order valence-electron chi connectivity index (χ0n) is 18.4. The molecule has 2 fully saturated rings. The maximum Gasteiger partial charge on any atom is 0.414 e. The molecule has 3 rings (SSSR count). The molecule has 31 heavy (non-hydrogen) atoms. The lowest BCUT2D eigenvalue weighted by Gasteiger charge is -2.37. The first-order valence-electron chi connectivity index (χ1n) is 10.7. The molecule has 2 amide bonds. The smallest absolute Gasteiger partial charge is 0.414 e. The number of amides is 2. The van der Waals surface area contributed by atoms with E-state index in [2.05, 4.69) is 15.3 Å². The van der Waals surface area contributed by atoms with Gasteiger partial charge in [0.1, 0.15) is 11.8 Å². The largest absolute Gasteiger partial charge is 0.442 e. The lowest BCUT2D eigenvalue weighted by atomic mass is 10.2. The van der Waals surface area contributed by atoms with Crippen LogP contribution in [0.3, 0.4) is 0 Å². The fourth-order valence-electron chi connectivity index (χ4n) is 4.00. The topological polar surface area (TPSA) is 68.4 Å². The first kappa shape index (κ1) is 23.2. The highest BCUT2D eigenvalue weighted by Gasteiger charge is 2.33. The highest BCUT2D eigenvalue weighted by atomic mass is 19.1. The summed E-state index contributed by atoms with van der Waals surface area (Å²) < 4.78 is 35.1.